The predicted molar refractivity (Wildman–Crippen MR) is 126 cm³/mol. The van der Waals surface area contributed by atoms with Crippen LogP contribution in [0.3, 0.4) is 0 Å². The molecule has 34 heavy (non-hydrogen) atoms. The summed E-state index contributed by atoms with van der Waals surface area (Å²) in [7, 11) is -2.74. The topological polar surface area (TPSA) is 148 Å². The number of hydrogen-bond acceptors (Lipinski definition) is 5. The van der Waals surface area contributed by atoms with Gasteiger partial charge in [0.25, 0.3) is 5.91 Å². The molecule has 3 heterocycles. The summed E-state index contributed by atoms with van der Waals surface area (Å²) >= 11 is 0. The number of hydrogen-bond donors (Lipinski definition) is 4. The Kier molecular flexibility index (Phi) is 5.15. The SMILES string of the molecule is Cc1cc(F)cc(-c2nn3c(c2C(N)=O)C(c2ccc4c(c2)CS(O)(O)C4)N(C(N)=O)CC3)c1. The molecular weight excluding hydrogens is 461 g/mol. The molecule has 0 spiro atoms. The summed E-state index contributed by atoms with van der Waals surface area (Å²) < 4.78 is 36.1. The van der Waals surface area contributed by atoms with Crippen LogP contribution in [0, 0.1) is 12.7 Å². The van der Waals surface area contributed by atoms with E-state index in [0.29, 0.717) is 22.4 Å². The lowest BCUT2D eigenvalue weighted by Gasteiger charge is -2.36. The molecule has 1 atom stereocenters. The molecule has 178 valence electrons. The fourth-order valence-electron chi connectivity index (χ4n) is 4.94. The van der Waals surface area contributed by atoms with Crippen molar-refractivity contribution >= 4 is 22.5 Å². The Bertz CT molecular complexity index is 1340. The van der Waals surface area contributed by atoms with Crippen molar-refractivity contribution in [2.24, 2.45) is 11.5 Å². The third-order valence-electron chi connectivity index (χ3n) is 6.28. The second-order valence-corrected chi connectivity index (χ2v) is 10.9. The molecule has 6 N–H and O–H groups in total. The van der Waals surface area contributed by atoms with E-state index in [1.807, 2.05) is 0 Å². The minimum atomic E-state index is -2.74. The number of benzene rings is 2. The number of aromatic nitrogens is 2. The standard InChI is InChI=1S/C23H24FN5O4S/c1-12-6-15(9-17(24)7-12)19-18(22(25)30)21-20(28(23(26)31)4-5-29(21)27-19)13-2-3-14-10-34(32,33)11-16(14)8-13/h2-3,6-9,20,32-33H,4-5,10-11H2,1H3,(H2,25,30)(H2,26,31). The number of amides is 3. The molecule has 9 nitrogen and oxygen atoms in total. The van der Waals surface area contributed by atoms with E-state index in [4.69, 9.17) is 11.5 Å². The van der Waals surface area contributed by atoms with Crippen LogP contribution in [-0.2, 0) is 18.1 Å². The molecule has 0 radical (unpaired) electrons. The maximum absolute atomic E-state index is 14.2. The Balaban J connectivity index is 1.72. The molecule has 3 amide bonds. The summed E-state index contributed by atoms with van der Waals surface area (Å²) in [6.07, 6.45) is 0. The Morgan fingerprint density at radius 1 is 1.09 bits per heavy atom. The van der Waals surface area contributed by atoms with Gasteiger partial charge in [0.2, 0.25) is 0 Å². The second-order valence-electron chi connectivity index (χ2n) is 8.77. The average Bonchev–Trinajstić information content (AvgIpc) is 3.27. The van der Waals surface area contributed by atoms with Crippen molar-refractivity contribution in [1.82, 2.24) is 14.7 Å². The van der Waals surface area contributed by atoms with Crippen LogP contribution in [0.1, 0.15) is 44.3 Å². The number of aryl methyl sites for hydroxylation is 1. The summed E-state index contributed by atoms with van der Waals surface area (Å²) in [4.78, 5) is 26.5. The Hall–Kier alpha value is -3.41. The summed E-state index contributed by atoms with van der Waals surface area (Å²) in [6.45, 7) is 2.24. The van der Waals surface area contributed by atoms with E-state index in [-0.39, 0.29) is 35.9 Å². The number of primary amides is 2. The fraction of sp³-hybridized carbons (Fsp3) is 0.261. The Morgan fingerprint density at radius 2 is 1.82 bits per heavy atom. The highest BCUT2D eigenvalue weighted by Gasteiger charge is 2.39. The van der Waals surface area contributed by atoms with Crippen molar-refractivity contribution in [2.45, 2.75) is 31.0 Å². The molecule has 0 saturated carbocycles. The molecule has 1 aromatic heterocycles. The van der Waals surface area contributed by atoms with Crippen molar-refractivity contribution in [1.29, 1.82) is 0 Å². The lowest BCUT2D eigenvalue weighted by Crippen LogP contribution is -2.46. The molecular formula is C23H24FN5O4S. The number of carbonyl (C=O) groups is 2. The number of rotatable bonds is 3. The van der Waals surface area contributed by atoms with Crippen molar-refractivity contribution in [3.05, 3.63) is 75.7 Å². The van der Waals surface area contributed by atoms with Gasteiger partial charge in [-0.15, -0.1) is 0 Å². The van der Waals surface area contributed by atoms with E-state index >= 15 is 0 Å². The van der Waals surface area contributed by atoms with Crippen LogP contribution >= 0.6 is 10.6 Å². The first kappa shape index (κ1) is 22.4. The van der Waals surface area contributed by atoms with Gasteiger partial charge in [-0.1, -0.05) is 18.2 Å². The first-order valence-electron chi connectivity index (χ1n) is 10.6. The lowest BCUT2D eigenvalue weighted by atomic mass is 9.92. The molecule has 3 aromatic rings. The molecule has 5 rings (SSSR count). The normalized spacial score (nSPS) is 19.4. The van der Waals surface area contributed by atoms with Crippen molar-refractivity contribution in [2.75, 3.05) is 6.54 Å². The van der Waals surface area contributed by atoms with E-state index < -0.39 is 34.4 Å². The van der Waals surface area contributed by atoms with Crippen LogP contribution < -0.4 is 11.5 Å². The van der Waals surface area contributed by atoms with Gasteiger partial charge in [-0.25, -0.2) is 9.18 Å². The molecule has 0 fully saturated rings. The highest BCUT2D eigenvalue weighted by atomic mass is 32.3. The minimum Gasteiger partial charge on any atom is -0.365 e. The van der Waals surface area contributed by atoms with Crippen LogP contribution in [0.5, 0.6) is 0 Å². The van der Waals surface area contributed by atoms with Crippen LogP contribution in [0.15, 0.2) is 36.4 Å². The van der Waals surface area contributed by atoms with Gasteiger partial charge in [0, 0.05) is 12.1 Å². The van der Waals surface area contributed by atoms with Crippen molar-refractivity contribution in [3.63, 3.8) is 0 Å². The Morgan fingerprint density at radius 3 is 2.50 bits per heavy atom. The number of halogens is 1. The van der Waals surface area contributed by atoms with Gasteiger partial charge in [-0.05, 0) is 47.4 Å². The van der Waals surface area contributed by atoms with Crippen LogP contribution in [0.25, 0.3) is 11.3 Å². The molecule has 0 saturated heterocycles. The zero-order valence-corrected chi connectivity index (χ0v) is 19.2. The van der Waals surface area contributed by atoms with Crippen LogP contribution in [-0.4, -0.2) is 42.3 Å². The van der Waals surface area contributed by atoms with Crippen LogP contribution in [0.2, 0.25) is 0 Å². The van der Waals surface area contributed by atoms with Gasteiger partial charge in [0.1, 0.15) is 17.6 Å². The lowest BCUT2D eigenvalue weighted by molar-refractivity contribution is 0.0995. The summed E-state index contributed by atoms with van der Waals surface area (Å²) in [6, 6.07) is 8.28. The van der Waals surface area contributed by atoms with Gasteiger partial charge in [-0.3, -0.25) is 18.6 Å². The first-order valence-corrected chi connectivity index (χ1v) is 12.5. The molecule has 11 heteroatoms. The zero-order chi connectivity index (χ0) is 24.4. The van der Waals surface area contributed by atoms with Gasteiger partial charge < -0.3 is 16.4 Å². The highest BCUT2D eigenvalue weighted by molar-refractivity contribution is 8.23. The number of urea groups is 1. The summed E-state index contributed by atoms with van der Waals surface area (Å²) in [5, 5.41) is 4.58. The number of nitrogens with zero attached hydrogens (tertiary/aromatic N) is 3. The highest BCUT2D eigenvalue weighted by Crippen LogP contribution is 2.53. The third kappa shape index (κ3) is 3.71. The molecule has 0 aliphatic carbocycles. The van der Waals surface area contributed by atoms with E-state index in [1.165, 1.54) is 17.0 Å². The van der Waals surface area contributed by atoms with Gasteiger partial charge in [0.05, 0.1) is 29.3 Å². The molecule has 2 aromatic carbocycles. The summed E-state index contributed by atoms with van der Waals surface area (Å²) in [5.41, 5.74) is 15.5. The van der Waals surface area contributed by atoms with E-state index in [9.17, 15) is 23.1 Å². The Labute approximate surface area is 196 Å². The smallest absolute Gasteiger partial charge is 0.315 e. The maximum Gasteiger partial charge on any atom is 0.315 e. The number of carbonyl (C=O) groups excluding carboxylic acids is 2. The molecule has 0 bridgehead atoms. The molecule has 1 unspecified atom stereocenters. The second kappa shape index (κ2) is 7.83. The van der Waals surface area contributed by atoms with E-state index in [1.54, 1.807) is 35.9 Å². The number of nitrogens with two attached hydrogens (primary N) is 2. The van der Waals surface area contributed by atoms with Gasteiger partial charge in [-0.2, -0.15) is 15.7 Å². The summed E-state index contributed by atoms with van der Waals surface area (Å²) in [5.74, 6) is -0.926. The zero-order valence-electron chi connectivity index (χ0n) is 18.4. The molecule has 2 aliphatic rings. The van der Waals surface area contributed by atoms with Crippen LogP contribution in [0.4, 0.5) is 9.18 Å². The minimum absolute atomic E-state index is 0.0886. The van der Waals surface area contributed by atoms with E-state index in [0.717, 1.165) is 11.1 Å². The predicted octanol–water partition coefficient (Wildman–Crippen LogP) is 3.34. The average molecular weight is 486 g/mol. The fourth-order valence-corrected chi connectivity index (χ4v) is 6.58. The monoisotopic (exact) mass is 485 g/mol. The third-order valence-corrected chi connectivity index (χ3v) is 7.83. The van der Waals surface area contributed by atoms with E-state index in [2.05, 4.69) is 5.10 Å². The van der Waals surface area contributed by atoms with Gasteiger partial charge >= 0.3 is 6.03 Å². The van der Waals surface area contributed by atoms with Crippen molar-refractivity contribution in [3.8, 4) is 11.3 Å². The quantitative estimate of drug-likeness (QED) is 0.449. The number of fused-ring (bicyclic) bond motifs is 2. The van der Waals surface area contributed by atoms with Gasteiger partial charge in [0.15, 0.2) is 0 Å². The molecule has 2 aliphatic heterocycles. The first-order chi connectivity index (χ1) is 16.0. The largest absolute Gasteiger partial charge is 0.365 e. The maximum atomic E-state index is 14.2. The van der Waals surface area contributed by atoms with Crippen molar-refractivity contribution < 1.29 is 23.1 Å².